The number of rotatable bonds is 30. The number of hydrogen-bond acceptors (Lipinski definition) is 18. The number of hydrogen-bond donors (Lipinski definition) is 10. The van der Waals surface area contributed by atoms with Gasteiger partial charge in [-0.2, -0.15) is 0 Å². The number of carbonyl (C=O) groups is 12. The van der Waals surface area contributed by atoms with Crippen LogP contribution >= 0.6 is 0 Å². The van der Waals surface area contributed by atoms with Crippen molar-refractivity contribution >= 4 is 77.9 Å². The van der Waals surface area contributed by atoms with E-state index in [0.717, 1.165) is 0 Å². The summed E-state index contributed by atoms with van der Waals surface area (Å²) in [7, 11) is -1.72. The first kappa shape index (κ1) is 62.2. The van der Waals surface area contributed by atoms with Gasteiger partial charge in [0, 0.05) is 103 Å². The first-order chi connectivity index (χ1) is 33.9. The molecule has 2 saturated heterocycles. The van der Waals surface area contributed by atoms with Gasteiger partial charge in [0.1, 0.15) is 12.1 Å². The molecule has 2 heterocycles. The molecular formula is C44H72BN9O18. The zero-order valence-electron chi connectivity index (χ0n) is 41.3. The molecule has 0 aliphatic carbocycles. The number of aliphatic carboxylic acids is 4. The lowest BCUT2D eigenvalue weighted by Gasteiger charge is -2.35. The molecule has 72 heavy (non-hydrogen) atoms. The lowest BCUT2D eigenvalue weighted by molar-refractivity contribution is -0.145. The van der Waals surface area contributed by atoms with Gasteiger partial charge in [-0.15, -0.1) is 0 Å². The second-order valence-electron chi connectivity index (χ2n) is 18.3. The van der Waals surface area contributed by atoms with Gasteiger partial charge in [-0.25, -0.2) is 0 Å². The van der Waals surface area contributed by atoms with Gasteiger partial charge in [-0.1, -0.05) is 13.8 Å². The second kappa shape index (κ2) is 32.2. The third kappa shape index (κ3) is 24.5. The normalized spacial score (nSPS) is 17.8. The molecule has 2 fully saturated rings. The minimum absolute atomic E-state index is 0.00807. The lowest BCUT2D eigenvalue weighted by Crippen LogP contribution is -2.53. The predicted molar refractivity (Wildman–Crippen MR) is 252 cm³/mol. The predicted octanol–water partition coefficient (Wildman–Crippen LogP) is -4.52. The largest absolute Gasteiger partial charge is 0.480 e. The van der Waals surface area contributed by atoms with Crippen LogP contribution in [0.5, 0.6) is 0 Å². The fourth-order valence-electron chi connectivity index (χ4n) is 8.14. The van der Waals surface area contributed by atoms with Crippen LogP contribution in [-0.4, -0.2) is 249 Å². The molecule has 0 aromatic carbocycles. The van der Waals surface area contributed by atoms with Crippen molar-refractivity contribution in [3.63, 3.8) is 0 Å². The zero-order chi connectivity index (χ0) is 54.1. The lowest BCUT2D eigenvalue weighted by atomic mass is 9.78. The molecule has 0 saturated carbocycles. The van der Waals surface area contributed by atoms with Crippen molar-refractivity contribution in [2.45, 2.75) is 96.6 Å². The summed E-state index contributed by atoms with van der Waals surface area (Å²) in [6, 6.07) is -2.27. The van der Waals surface area contributed by atoms with Crippen LogP contribution in [0.2, 0.25) is 0 Å². The fraction of sp³-hybridized carbons (Fsp3) is 0.727. The van der Waals surface area contributed by atoms with E-state index in [1.54, 1.807) is 18.7 Å². The summed E-state index contributed by atoms with van der Waals surface area (Å²) in [5.74, 6) is -11.3. The van der Waals surface area contributed by atoms with E-state index in [1.165, 1.54) is 26.5 Å². The van der Waals surface area contributed by atoms with E-state index < -0.39 is 135 Å². The van der Waals surface area contributed by atoms with Crippen LogP contribution < -0.4 is 21.3 Å². The quantitative estimate of drug-likeness (QED) is 0.0303. The maximum Gasteiger partial charge on any atom is 0.475 e. The average molecular weight is 1030 g/mol. The number of carbonyl (C=O) groups excluding carboxylic acids is 8. The number of carboxylic acid groups (broad SMARTS) is 4. The van der Waals surface area contributed by atoms with E-state index in [4.69, 9.17) is 0 Å². The first-order valence-electron chi connectivity index (χ1n) is 24.0. The summed E-state index contributed by atoms with van der Waals surface area (Å²) in [6.07, 6.45) is -1.11. The number of nitrogens with zero attached hydrogens (tertiary/aromatic N) is 5. The van der Waals surface area contributed by atoms with Crippen molar-refractivity contribution in [1.82, 2.24) is 45.8 Å². The maximum absolute atomic E-state index is 13.1. The van der Waals surface area contributed by atoms with Crippen molar-refractivity contribution in [2.75, 3.05) is 98.2 Å². The van der Waals surface area contributed by atoms with Crippen molar-refractivity contribution in [2.24, 2.45) is 11.8 Å². The van der Waals surface area contributed by atoms with Gasteiger partial charge in [0.05, 0.1) is 45.2 Å². The molecule has 2 rings (SSSR count). The smallest absolute Gasteiger partial charge is 0.475 e. The standard InChI is InChI=1S/C44H72BN9O18/c1-28(2)33(42(67)49-29(3)43(68)54-12-4-5-35(54)45(71)72)21-32(57)24-48-37(59)10-7-30(55)22-46-36(58)9-6-31(56)23-47-38(60)11-8-34(44(69)70)53-19-17-51(26-40(63)64)15-13-50(25-39(61)62)14-16-52(18-20-53)27-41(65)66/h28-29,33-35,71-72H,4-27H2,1-3H3,(H,46,58)(H,47,60)(H,48,59)(H,49,67)(H,61,62)(H,63,64)(H,65,66)(H,69,70)/t29-,33+,34?,35+/m1/s1. The summed E-state index contributed by atoms with van der Waals surface area (Å²) in [5.41, 5.74) is 0. The maximum atomic E-state index is 13.1. The van der Waals surface area contributed by atoms with Crippen molar-refractivity contribution in [1.29, 1.82) is 0 Å². The fourth-order valence-corrected chi connectivity index (χ4v) is 8.14. The molecule has 0 radical (unpaired) electrons. The highest BCUT2D eigenvalue weighted by Crippen LogP contribution is 2.21. The molecular weight excluding hydrogens is 953 g/mol. The highest BCUT2D eigenvalue weighted by Gasteiger charge is 2.39. The second-order valence-corrected chi connectivity index (χ2v) is 18.3. The summed E-state index contributed by atoms with van der Waals surface area (Å²) < 4.78 is 0. The zero-order valence-corrected chi connectivity index (χ0v) is 41.3. The van der Waals surface area contributed by atoms with E-state index >= 15 is 0 Å². The molecule has 10 N–H and O–H groups in total. The van der Waals surface area contributed by atoms with Crippen LogP contribution in [0, 0.1) is 11.8 Å². The highest BCUT2D eigenvalue weighted by atomic mass is 16.4. The Bertz CT molecular complexity index is 1890. The Morgan fingerprint density at radius 1 is 0.556 bits per heavy atom. The number of ketones is 3. The van der Waals surface area contributed by atoms with Crippen LogP contribution in [0.4, 0.5) is 0 Å². The summed E-state index contributed by atoms with van der Waals surface area (Å²) >= 11 is 0. The topological polar surface area (TPSA) is 391 Å². The Morgan fingerprint density at radius 3 is 1.38 bits per heavy atom. The van der Waals surface area contributed by atoms with Crippen molar-refractivity contribution in [3.05, 3.63) is 0 Å². The SMILES string of the molecule is CC(C)[C@H](CC(=O)CNC(=O)CCC(=O)CNC(=O)CCC(=O)CNC(=O)CCC(C(=O)O)N1CCN(CC(=O)O)CCN(CC(=O)O)CCN(CC(=O)O)CC1)C(=O)N[C@H](C)C(=O)N1CCC[C@H]1B(O)O. The molecule has 0 aromatic heterocycles. The first-order valence-corrected chi connectivity index (χ1v) is 24.0. The van der Waals surface area contributed by atoms with E-state index in [9.17, 15) is 88.0 Å². The van der Waals surface area contributed by atoms with Gasteiger partial charge >= 0.3 is 31.0 Å². The van der Waals surface area contributed by atoms with Crippen LogP contribution in [0.15, 0.2) is 0 Å². The molecule has 5 amide bonds. The number of Topliss-reactive ketones (excluding diaryl/α,β-unsaturated/α-hetero) is 3. The molecule has 4 atom stereocenters. The number of nitrogens with one attached hydrogen (secondary N) is 4. The molecule has 28 heteroatoms. The Labute approximate surface area is 417 Å². The summed E-state index contributed by atoms with van der Waals surface area (Å²) in [5, 5.41) is 67.4. The monoisotopic (exact) mass is 1030 g/mol. The van der Waals surface area contributed by atoms with E-state index in [-0.39, 0.29) is 110 Å². The van der Waals surface area contributed by atoms with Crippen molar-refractivity contribution < 1.29 is 88.0 Å². The van der Waals surface area contributed by atoms with E-state index in [1.807, 2.05) is 0 Å². The summed E-state index contributed by atoms with van der Waals surface area (Å²) in [4.78, 5) is 156. The third-order valence-electron chi connectivity index (χ3n) is 12.3. The minimum atomic E-state index is -1.72. The molecule has 0 bridgehead atoms. The molecule has 2 aliphatic rings. The van der Waals surface area contributed by atoms with E-state index in [2.05, 4.69) is 21.3 Å². The van der Waals surface area contributed by atoms with Gasteiger partial charge in [-0.3, -0.25) is 77.1 Å². The summed E-state index contributed by atoms with van der Waals surface area (Å²) in [6.45, 7) is 3.30. The molecule has 404 valence electrons. The van der Waals surface area contributed by atoms with Crippen LogP contribution in [-0.2, 0) is 57.5 Å². The minimum Gasteiger partial charge on any atom is -0.480 e. The average Bonchev–Trinajstić information content (AvgIpc) is 3.80. The Balaban J connectivity index is 1.77. The van der Waals surface area contributed by atoms with E-state index in [0.29, 0.717) is 19.4 Å². The van der Waals surface area contributed by atoms with Gasteiger partial charge in [0.15, 0.2) is 17.3 Å². The number of carboxylic acids is 4. The van der Waals surface area contributed by atoms with Gasteiger partial charge in [-0.05, 0) is 32.1 Å². The Kier molecular flexibility index (Phi) is 27.8. The van der Waals surface area contributed by atoms with Gasteiger partial charge < -0.3 is 56.6 Å². The van der Waals surface area contributed by atoms with Gasteiger partial charge in [0.2, 0.25) is 29.5 Å². The number of likely N-dealkylation sites (tertiary alicyclic amines) is 1. The van der Waals surface area contributed by atoms with Crippen LogP contribution in [0.25, 0.3) is 0 Å². The van der Waals surface area contributed by atoms with Crippen LogP contribution in [0.1, 0.15) is 78.6 Å². The Hall–Kier alpha value is -5.94. The van der Waals surface area contributed by atoms with Crippen LogP contribution in [0.3, 0.4) is 0 Å². The van der Waals surface area contributed by atoms with Gasteiger partial charge in [0.25, 0.3) is 0 Å². The molecule has 27 nitrogen and oxygen atoms in total. The molecule has 1 unspecified atom stereocenters. The van der Waals surface area contributed by atoms with Crippen molar-refractivity contribution in [3.8, 4) is 0 Å². The molecule has 0 aromatic rings. The molecule has 2 aliphatic heterocycles. The highest BCUT2D eigenvalue weighted by molar-refractivity contribution is 6.43. The number of amides is 5. The third-order valence-corrected chi connectivity index (χ3v) is 12.3. The molecule has 0 spiro atoms. The Morgan fingerprint density at radius 2 is 0.972 bits per heavy atom.